The molecule has 7 heteroatoms. The molecule has 0 bridgehead atoms. The molecule has 0 saturated heterocycles. The van der Waals surface area contributed by atoms with Crippen LogP contribution in [0.4, 0.5) is 4.39 Å². The molecular formula is C14H7BrFN3OS. The molecule has 2 heterocycles. The first-order valence-corrected chi connectivity index (χ1v) is 7.43. The lowest BCUT2D eigenvalue weighted by Gasteiger charge is -2.08. The molecule has 0 radical (unpaired) electrons. The molecule has 0 amide bonds. The van der Waals surface area contributed by atoms with E-state index in [2.05, 4.69) is 20.9 Å². The number of halogens is 2. The highest BCUT2D eigenvalue weighted by Crippen LogP contribution is 2.40. The van der Waals surface area contributed by atoms with Gasteiger partial charge in [0, 0.05) is 33.2 Å². The quantitative estimate of drug-likeness (QED) is 0.693. The molecule has 0 unspecified atom stereocenters. The largest absolute Gasteiger partial charge is 0.428 e. The van der Waals surface area contributed by atoms with Gasteiger partial charge in [-0.3, -0.25) is 0 Å². The van der Waals surface area contributed by atoms with Crippen molar-refractivity contribution in [1.29, 1.82) is 5.26 Å². The van der Waals surface area contributed by atoms with Crippen molar-refractivity contribution >= 4 is 38.6 Å². The van der Waals surface area contributed by atoms with Gasteiger partial charge in [0.1, 0.15) is 17.6 Å². The number of fused-ring (bicyclic) bond motifs is 1. The maximum absolute atomic E-state index is 14.3. The fourth-order valence-corrected chi connectivity index (χ4v) is 3.58. The summed E-state index contributed by atoms with van der Waals surface area (Å²) in [5.74, 6) is -0.455. The van der Waals surface area contributed by atoms with Crippen molar-refractivity contribution in [3.63, 3.8) is 0 Å². The number of nitriles is 1. The second-order valence-electron chi connectivity index (χ2n) is 4.19. The predicted molar refractivity (Wildman–Crippen MR) is 79.9 cm³/mol. The van der Waals surface area contributed by atoms with Gasteiger partial charge in [-0.1, -0.05) is 11.8 Å². The predicted octanol–water partition coefficient (Wildman–Crippen LogP) is 4.20. The van der Waals surface area contributed by atoms with Crippen LogP contribution in [0.25, 0.3) is 10.9 Å². The average molecular weight is 364 g/mol. The first-order valence-electron chi connectivity index (χ1n) is 5.82. The lowest BCUT2D eigenvalue weighted by Crippen LogP contribution is -1.90. The van der Waals surface area contributed by atoms with Crippen molar-refractivity contribution in [1.82, 2.24) is 9.71 Å². The Morgan fingerprint density at radius 3 is 2.95 bits per heavy atom. The summed E-state index contributed by atoms with van der Waals surface area (Å²) in [4.78, 5) is 4.99. The van der Waals surface area contributed by atoms with Crippen LogP contribution in [-0.2, 0) is 0 Å². The van der Waals surface area contributed by atoms with Gasteiger partial charge in [0.15, 0.2) is 0 Å². The van der Waals surface area contributed by atoms with Crippen LogP contribution in [0.1, 0.15) is 5.69 Å². The van der Waals surface area contributed by atoms with Crippen LogP contribution >= 0.6 is 27.7 Å². The number of aromatic nitrogens is 2. The molecule has 0 spiro atoms. The van der Waals surface area contributed by atoms with E-state index in [1.807, 2.05) is 6.07 Å². The Balaban J connectivity index is 2.10. The van der Waals surface area contributed by atoms with Gasteiger partial charge in [0.05, 0.1) is 10.4 Å². The molecule has 0 atom stereocenters. The number of nitrogens with zero attached hydrogens (tertiary/aromatic N) is 3. The van der Waals surface area contributed by atoms with E-state index < -0.39 is 5.82 Å². The third-order valence-electron chi connectivity index (χ3n) is 2.89. The molecule has 0 aliphatic rings. The van der Waals surface area contributed by atoms with E-state index in [0.717, 1.165) is 4.73 Å². The van der Waals surface area contributed by atoms with Crippen molar-refractivity contribution < 1.29 is 9.60 Å². The van der Waals surface area contributed by atoms with Gasteiger partial charge in [-0.25, -0.2) is 9.37 Å². The lowest BCUT2D eigenvalue weighted by molar-refractivity contribution is 0.200. The van der Waals surface area contributed by atoms with E-state index in [0.29, 0.717) is 25.2 Å². The number of pyridine rings is 1. The lowest BCUT2D eigenvalue weighted by atomic mass is 10.2. The normalized spacial score (nSPS) is 10.7. The van der Waals surface area contributed by atoms with Crippen molar-refractivity contribution in [2.24, 2.45) is 0 Å². The Kier molecular flexibility index (Phi) is 3.57. The monoisotopic (exact) mass is 363 g/mol. The molecule has 0 fully saturated rings. The fraction of sp³-hybridized carbons (Fsp3) is 0. The smallest absolute Gasteiger partial charge is 0.141 e. The van der Waals surface area contributed by atoms with Crippen LogP contribution in [-0.4, -0.2) is 14.9 Å². The molecule has 104 valence electrons. The Labute approximate surface area is 131 Å². The molecular weight excluding hydrogens is 357 g/mol. The highest BCUT2D eigenvalue weighted by atomic mass is 79.9. The second-order valence-corrected chi connectivity index (χ2v) is 6.06. The second kappa shape index (κ2) is 5.39. The number of hydrogen-bond donors (Lipinski definition) is 1. The molecule has 2 aromatic heterocycles. The Bertz CT molecular complexity index is 888. The number of hydrogen-bond acceptors (Lipinski definition) is 4. The molecule has 0 aliphatic carbocycles. The van der Waals surface area contributed by atoms with Crippen LogP contribution in [0.5, 0.6) is 0 Å². The van der Waals surface area contributed by atoms with E-state index >= 15 is 0 Å². The Morgan fingerprint density at radius 1 is 1.38 bits per heavy atom. The SMILES string of the molecule is N#Cc1cc(Sc2c(F)cc3c(ccn3O)c2Br)ccn1. The minimum atomic E-state index is -0.455. The summed E-state index contributed by atoms with van der Waals surface area (Å²) in [5, 5.41) is 19.1. The summed E-state index contributed by atoms with van der Waals surface area (Å²) in [6.07, 6.45) is 2.96. The maximum atomic E-state index is 14.3. The van der Waals surface area contributed by atoms with Crippen molar-refractivity contribution in [2.45, 2.75) is 9.79 Å². The summed E-state index contributed by atoms with van der Waals surface area (Å²) in [5.41, 5.74) is 0.662. The Morgan fingerprint density at radius 2 is 2.19 bits per heavy atom. The van der Waals surface area contributed by atoms with Crippen LogP contribution < -0.4 is 0 Å². The first-order chi connectivity index (χ1) is 10.1. The number of benzene rings is 1. The van der Waals surface area contributed by atoms with Crippen molar-refractivity contribution in [2.75, 3.05) is 0 Å². The highest BCUT2D eigenvalue weighted by Gasteiger charge is 2.15. The molecule has 3 rings (SSSR count). The van der Waals surface area contributed by atoms with Gasteiger partial charge < -0.3 is 5.21 Å². The highest BCUT2D eigenvalue weighted by molar-refractivity contribution is 9.10. The van der Waals surface area contributed by atoms with Crippen molar-refractivity contribution in [3.8, 4) is 6.07 Å². The minimum absolute atomic E-state index is 0.277. The van der Waals surface area contributed by atoms with E-state index in [-0.39, 0.29) is 5.69 Å². The first kappa shape index (κ1) is 13.9. The van der Waals surface area contributed by atoms with E-state index in [4.69, 9.17) is 5.26 Å². The third kappa shape index (κ3) is 2.48. The van der Waals surface area contributed by atoms with Crippen LogP contribution in [0, 0.1) is 17.1 Å². The van der Waals surface area contributed by atoms with E-state index in [1.165, 1.54) is 30.2 Å². The topological polar surface area (TPSA) is 61.8 Å². The molecule has 0 saturated carbocycles. The average Bonchev–Trinajstić information content (AvgIpc) is 2.85. The summed E-state index contributed by atoms with van der Waals surface area (Å²) >= 11 is 4.56. The summed E-state index contributed by atoms with van der Waals surface area (Å²) in [6.45, 7) is 0. The van der Waals surface area contributed by atoms with Crippen LogP contribution in [0.15, 0.2) is 50.9 Å². The minimum Gasteiger partial charge on any atom is -0.428 e. The number of rotatable bonds is 2. The summed E-state index contributed by atoms with van der Waals surface area (Å²) < 4.78 is 15.7. The van der Waals surface area contributed by atoms with Gasteiger partial charge >= 0.3 is 0 Å². The third-order valence-corrected chi connectivity index (χ3v) is 5.07. The van der Waals surface area contributed by atoms with Gasteiger partial charge in [-0.05, 0) is 34.1 Å². The standard InChI is InChI=1S/C14H7BrFN3OS/c15-13-10-2-4-19(20)12(10)6-11(16)14(13)21-9-1-3-18-8(5-9)7-17/h1-6,20H. The molecule has 4 nitrogen and oxygen atoms in total. The molecule has 21 heavy (non-hydrogen) atoms. The molecule has 3 aromatic rings. The molecule has 1 N–H and O–H groups in total. The van der Waals surface area contributed by atoms with Gasteiger partial charge in [-0.2, -0.15) is 9.99 Å². The van der Waals surface area contributed by atoms with Crippen LogP contribution in [0.2, 0.25) is 0 Å². The van der Waals surface area contributed by atoms with Crippen LogP contribution in [0.3, 0.4) is 0 Å². The maximum Gasteiger partial charge on any atom is 0.141 e. The zero-order valence-electron chi connectivity index (χ0n) is 10.4. The molecule has 0 aliphatic heterocycles. The molecule has 1 aromatic carbocycles. The van der Waals surface area contributed by atoms with Gasteiger partial charge in [0.25, 0.3) is 0 Å². The van der Waals surface area contributed by atoms with Gasteiger partial charge in [0.2, 0.25) is 0 Å². The van der Waals surface area contributed by atoms with E-state index in [9.17, 15) is 9.60 Å². The fourth-order valence-electron chi connectivity index (χ4n) is 1.92. The summed E-state index contributed by atoms with van der Waals surface area (Å²) in [7, 11) is 0. The zero-order chi connectivity index (χ0) is 15.0. The van der Waals surface area contributed by atoms with Crippen molar-refractivity contribution in [3.05, 3.63) is 52.6 Å². The van der Waals surface area contributed by atoms with E-state index in [1.54, 1.807) is 18.2 Å². The van der Waals surface area contributed by atoms with Gasteiger partial charge in [-0.15, -0.1) is 0 Å². The Hall–Kier alpha value is -2.04. The zero-order valence-corrected chi connectivity index (χ0v) is 12.8. The summed E-state index contributed by atoms with van der Waals surface area (Å²) in [6, 6.07) is 8.21.